The summed E-state index contributed by atoms with van der Waals surface area (Å²) in [6.45, 7) is 5.75. The van der Waals surface area contributed by atoms with Crippen LogP contribution in [0.2, 0.25) is 0 Å². The van der Waals surface area contributed by atoms with Crippen LogP contribution in [0.25, 0.3) is 0 Å². The molecule has 0 saturated carbocycles. The highest BCUT2D eigenvalue weighted by atomic mass is 79.9. The molecule has 1 aromatic rings. The fraction of sp³-hybridized carbons (Fsp3) is 0.444. The molecule has 66 valence electrons. The maximum Gasteiger partial charge on any atom is 0.197 e. The highest BCUT2D eigenvalue weighted by Crippen LogP contribution is 2.19. The Labute approximate surface area is 80.8 Å². The van der Waals surface area contributed by atoms with Crippen LogP contribution < -0.4 is 0 Å². The summed E-state index contributed by atoms with van der Waals surface area (Å²) in [5.74, 6) is 2.00. The number of nitrogens with zero attached hydrogens (tertiary/aromatic N) is 1. The van der Waals surface area contributed by atoms with E-state index in [1.165, 1.54) is 0 Å². The fourth-order valence-corrected chi connectivity index (χ4v) is 1.22. The lowest BCUT2D eigenvalue weighted by Crippen LogP contribution is -1.90. The van der Waals surface area contributed by atoms with Gasteiger partial charge in [0.05, 0.1) is 11.5 Å². The SMILES string of the molecule is C=CCC(C)c1ncc(CBr)o1. The fourth-order valence-electron chi connectivity index (χ4n) is 0.963. The van der Waals surface area contributed by atoms with E-state index in [-0.39, 0.29) is 0 Å². The Morgan fingerprint density at radius 3 is 3.08 bits per heavy atom. The van der Waals surface area contributed by atoms with E-state index in [4.69, 9.17) is 4.42 Å². The van der Waals surface area contributed by atoms with Gasteiger partial charge in [-0.25, -0.2) is 4.98 Å². The standard InChI is InChI=1S/C9H12BrNO/c1-3-4-7(2)9-11-6-8(5-10)12-9/h3,6-7H,1,4-5H2,2H3. The van der Waals surface area contributed by atoms with Gasteiger partial charge in [0.1, 0.15) is 5.76 Å². The molecule has 0 bridgehead atoms. The van der Waals surface area contributed by atoms with Gasteiger partial charge < -0.3 is 4.42 Å². The van der Waals surface area contributed by atoms with Crippen molar-refractivity contribution in [3.8, 4) is 0 Å². The van der Waals surface area contributed by atoms with E-state index in [1.807, 2.05) is 6.08 Å². The lowest BCUT2D eigenvalue weighted by atomic mass is 10.1. The summed E-state index contributed by atoms with van der Waals surface area (Å²) >= 11 is 3.31. The maximum absolute atomic E-state index is 5.44. The normalized spacial score (nSPS) is 12.8. The van der Waals surface area contributed by atoms with Crippen LogP contribution in [0.15, 0.2) is 23.3 Å². The minimum Gasteiger partial charge on any atom is -0.445 e. The van der Waals surface area contributed by atoms with Crippen molar-refractivity contribution < 1.29 is 4.42 Å². The minimum atomic E-state index is 0.329. The number of hydrogen-bond donors (Lipinski definition) is 0. The van der Waals surface area contributed by atoms with E-state index >= 15 is 0 Å². The van der Waals surface area contributed by atoms with Gasteiger partial charge in [-0.1, -0.05) is 28.9 Å². The summed E-state index contributed by atoms with van der Waals surface area (Å²) in [6.07, 6.45) is 4.54. The van der Waals surface area contributed by atoms with Crippen molar-refractivity contribution in [2.75, 3.05) is 0 Å². The molecule has 12 heavy (non-hydrogen) atoms. The molecule has 0 aromatic carbocycles. The van der Waals surface area contributed by atoms with Gasteiger partial charge in [-0.2, -0.15) is 0 Å². The van der Waals surface area contributed by atoms with Gasteiger partial charge in [-0.05, 0) is 6.42 Å². The van der Waals surface area contributed by atoms with Gasteiger partial charge in [0.25, 0.3) is 0 Å². The summed E-state index contributed by atoms with van der Waals surface area (Å²) in [6, 6.07) is 0. The zero-order chi connectivity index (χ0) is 8.97. The first-order valence-corrected chi connectivity index (χ1v) is 5.01. The van der Waals surface area contributed by atoms with E-state index in [2.05, 4.69) is 34.4 Å². The molecular formula is C9H12BrNO. The van der Waals surface area contributed by atoms with Gasteiger partial charge in [0.15, 0.2) is 5.89 Å². The van der Waals surface area contributed by atoms with E-state index in [9.17, 15) is 0 Å². The number of halogens is 1. The molecule has 0 spiro atoms. The molecule has 0 fully saturated rings. The van der Waals surface area contributed by atoms with Crippen LogP contribution in [-0.4, -0.2) is 4.98 Å². The number of alkyl halides is 1. The van der Waals surface area contributed by atoms with Crippen molar-refractivity contribution in [1.82, 2.24) is 4.98 Å². The van der Waals surface area contributed by atoms with E-state index in [1.54, 1.807) is 6.20 Å². The number of hydrogen-bond acceptors (Lipinski definition) is 2. The molecule has 1 unspecified atom stereocenters. The third-order valence-corrected chi connectivity index (χ3v) is 2.20. The van der Waals surface area contributed by atoms with Gasteiger partial charge in [-0.15, -0.1) is 6.58 Å². The molecule has 0 N–H and O–H groups in total. The predicted octanol–water partition coefficient (Wildman–Crippen LogP) is 3.25. The number of rotatable bonds is 4. The van der Waals surface area contributed by atoms with Gasteiger partial charge in [0.2, 0.25) is 0 Å². The molecule has 1 aromatic heterocycles. The smallest absolute Gasteiger partial charge is 0.197 e. The molecule has 0 aliphatic heterocycles. The van der Waals surface area contributed by atoms with Gasteiger partial charge in [-0.3, -0.25) is 0 Å². The molecular weight excluding hydrogens is 218 g/mol. The zero-order valence-electron chi connectivity index (χ0n) is 7.09. The monoisotopic (exact) mass is 229 g/mol. The molecule has 1 heterocycles. The van der Waals surface area contributed by atoms with E-state index < -0.39 is 0 Å². The van der Waals surface area contributed by atoms with Crippen LogP contribution in [-0.2, 0) is 5.33 Å². The first kappa shape index (κ1) is 9.52. The van der Waals surface area contributed by atoms with Gasteiger partial charge in [0, 0.05) is 5.92 Å². The molecule has 1 rings (SSSR count). The van der Waals surface area contributed by atoms with Crippen molar-refractivity contribution in [2.45, 2.75) is 24.6 Å². The minimum absolute atomic E-state index is 0.329. The number of aromatic nitrogens is 1. The Balaban J connectivity index is 2.67. The predicted molar refractivity (Wildman–Crippen MR) is 52.4 cm³/mol. The van der Waals surface area contributed by atoms with Crippen molar-refractivity contribution in [1.29, 1.82) is 0 Å². The summed E-state index contributed by atoms with van der Waals surface area (Å²) in [5, 5.41) is 0.723. The topological polar surface area (TPSA) is 26.0 Å². The van der Waals surface area contributed by atoms with Crippen LogP contribution in [0.4, 0.5) is 0 Å². The third kappa shape index (κ3) is 2.21. The lowest BCUT2D eigenvalue weighted by molar-refractivity contribution is 0.439. The van der Waals surface area contributed by atoms with Crippen molar-refractivity contribution >= 4 is 15.9 Å². The van der Waals surface area contributed by atoms with E-state index in [0.717, 1.165) is 23.4 Å². The molecule has 1 atom stereocenters. The summed E-state index contributed by atoms with van der Waals surface area (Å²) < 4.78 is 5.44. The number of oxazole rings is 1. The second kappa shape index (κ2) is 4.45. The molecule has 0 amide bonds. The average molecular weight is 230 g/mol. The van der Waals surface area contributed by atoms with E-state index in [0.29, 0.717) is 5.92 Å². The molecule has 2 nitrogen and oxygen atoms in total. The second-order valence-corrected chi connectivity index (χ2v) is 3.28. The van der Waals surface area contributed by atoms with Crippen LogP contribution >= 0.6 is 15.9 Å². The highest BCUT2D eigenvalue weighted by Gasteiger charge is 2.09. The first-order chi connectivity index (χ1) is 5.77. The largest absolute Gasteiger partial charge is 0.445 e. The molecule has 0 saturated heterocycles. The lowest BCUT2D eigenvalue weighted by Gasteiger charge is -2.01. The van der Waals surface area contributed by atoms with Crippen LogP contribution in [0.5, 0.6) is 0 Å². The van der Waals surface area contributed by atoms with Crippen LogP contribution in [0.1, 0.15) is 30.9 Å². The molecule has 0 aliphatic carbocycles. The average Bonchev–Trinajstić information content (AvgIpc) is 2.52. The maximum atomic E-state index is 5.44. The second-order valence-electron chi connectivity index (χ2n) is 2.72. The Morgan fingerprint density at radius 1 is 1.83 bits per heavy atom. The first-order valence-electron chi connectivity index (χ1n) is 3.89. The highest BCUT2D eigenvalue weighted by molar-refractivity contribution is 9.08. The Kier molecular flexibility index (Phi) is 3.53. The van der Waals surface area contributed by atoms with Crippen molar-refractivity contribution in [3.63, 3.8) is 0 Å². The summed E-state index contributed by atoms with van der Waals surface area (Å²) in [7, 11) is 0. The molecule has 0 radical (unpaired) electrons. The van der Waals surface area contributed by atoms with Crippen LogP contribution in [0, 0.1) is 0 Å². The quantitative estimate of drug-likeness (QED) is 0.586. The Morgan fingerprint density at radius 2 is 2.58 bits per heavy atom. The molecule has 0 aliphatic rings. The Hall–Kier alpha value is -0.570. The van der Waals surface area contributed by atoms with Crippen LogP contribution in [0.3, 0.4) is 0 Å². The Bertz CT molecular complexity index is 257. The number of allylic oxidation sites excluding steroid dienone is 1. The zero-order valence-corrected chi connectivity index (χ0v) is 8.67. The summed E-state index contributed by atoms with van der Waals surface area (Å²) in [5.41, 5.74) is 0. The molecule has 3 heteroatoms. The third-order valence-electron chi connectivity index (χ3n) is 1.64. The summed E-state index contributed by atoms with van der Waals surface area (Å²) in [4.78, 5) is 4.16. The van der Waals surface area contributed by atoms with Gasteiger partial charge >= 0.3 is 0 Å². The van der Waals surface area contributed by atoms with Crippen molar-refractivity contribution in [3.05, 3.63) is 30.5 Å². The van der Waals surface area contributed by atoms with Crippen molar-refractivity contribution in [2.24, 2.45) is 0 Å².